The Morgan fingerprint density at radius 1 is 1.15 bits per heavy atom. The minimum Gasteiger partial charge on any atom is -0.478 e. The molecule has 1 N–H and O–H groups in total. The summed E-state index contributed by atoms with van der Waals surface area (Å²) in [4.78, 5) is 34.0. The topological polar surface area (TPSA) is 110 Å². The molecule has 0 unspecified atom stereocenters. The van der Waals surface area contributed by atoms with Crippen LogP contribution in [0.2, 0.25) is 5.02 Å². The Kier molecular flexibility index (Phi) is 8.05. The number of carboxylic acids is 1. The van der Waals surface area contributed by atoms with Gasteiger partial charge in [0.25, 0.3) is 5.91 Å². The summed E-state index contributed by atoms with van der Waals surface area (Å²) in [6, 6.07) is 5.83. The van der Waals surface area contributed by atoms with Crippen molar-refractivity contribution in [2.45, 2.75) is 32.6 Å². The van der Waals surface area contributed by atoms with Crippen LogP contribution in [0.25, 0.3) is 0 Å². The van der Waals surface area contributed by atoms with Crippen LogP contribution in [0.5, 0.6) is 11.6 Å². The summed E-state index contributed by atoms with van der Waals surface area (Å²) in [5, 5.41) is 14.0. The van der Waals surface area contributed by atoms with Gasteiger partial charge in [-0.1, -0.05) is 11.6 Å². The Balaban J connectivity index is 1.74. The molecule has 0 spiro atoms. The summed E-state index contributed by atoms with van der Waals surface area (Å²) in [5.41, 5.74) is -2.20. The Morgan fingerprint density at radius 2 is 1.90 bits per heavy atom. The summed E-state index contributed by atoms with van der Waals surface area (Å²) >= 11 is 5.82. The van der Waals surface area contributed by atoms with Crippen molar-refractivity contribution in [1.29, 1.82) is 0 Å². The third-order valence-electron chi connectivity index (χ3n) is 5.55. The first-order valence-electron chi connectivity index (χ1n) is 11.6. The molecule has 0 atom stereocenters. The fraction of sp³-hybridized carbons (Fsp3) is 0.192. The number of hydrogen-bond donors (Lipinski definition) is 1. The third-order valence-corrected chi connectivity index (χ3v) is 5.77. The number of carbonyl (C=O) groups is 2. The maximum atomic E-state index is 15.3. The number of aromatic nitrogens is 4. The van der Waals surface area contributed by atoms with Gasteiger partial charge >= 0.3 is 12.1 Å². The molecule has 0 saturated carbocycles. The van der Waals surface area contributed by atoms with E-state index >= 15 is 4.39 Å². The van der Waals surface area contributed by atoms with Crippen molar-refractivity contribution >= 4 is 29.2 Å². The van der Waals surface area contributed by atoms with Gasteiger partial charge in [0.1, 0.15) is 11.3 Å². The molecule has 0 saturated heterocycles. The van der Waals surface area contributed by atoms with Gasteiger partial charge in [-0.05, 0) is 43.7 Å². The van der Waals surface area contributed by atoms with Gasteiger partial charge in [0.05, 0.1) is 22.8 Å². The van der Waals surface area contributed by atoms with E-state index in [1.165, 1.54) is 29.2 Å². The minimum absolute atomic E-state index is 0.0167. The van der Waals surface area contributed by atoms with Crippen LogP contribution in [-0.4, -0.2) is 42.8 Å². The van der Waals surface area contributed by atoms with E-state index in [4.69, 9.17) is 16.3 Å². The fourth-order valence-corrected chi connectivity index (χ4v) is 3.90. The van der Waals surface area contributed by atoms with Crippen molar-refractivity contribution < 1.29 is 37.0 Å². The molecule has 0 aliphatic heterocycles. The normalized spacial score (nSPS) is 11.5. The van der Waals surface area contributed by atoms with E-state index in [2.05, 4.69) is 15.1 Å². The van der Waals surface area contributed by atoms with Gasteiger partial charge < -0.3 is 14.7 Å². The molecular weight excluding hydrogens is 558 g/mol. The van der Waals surface area contributed by atoms with Gasteiger partial charge in [-0.3, -0.25) is 9.48 Å². The number of pyridine rings is 2. The Hall–Kier alpha value is -4.52. The highest BCUT2D eigenvalue weighted by molar-refractivity contribution is 6.30. The van der Waals surface area contributed by atoms with Crippen LogP contribution in [0, 0.1) is 5.82 Å². The van der Waals surface area contributed by atoms with Crippen LogP contribution in [0.1, 0.15) is 45.8 Å². The van der Waals surface area contributed by atoms with E-state index in [-0.39, 0.29) is 28.5 Å². The van der Waals surface area contributed by atoms with Gasteiger partial charge in [-0.2, -0.15) is 18.3 Å². The molecule has 0 aliphatic rings. The van der Waals surface area contributed by atoms with E-state index in [1.807, 2.05) is 0 Å². The van der Waals surface area contributed by atoms with Crippen molar-refractivity contribution in [2.24, 2.45) is 0 Å². The number of aromatic carboxylic acids is 1. The highest BCUT2D eigenvalue weighted by atomic mass is 35.5. The first kappa shape index (κ1) is 28.5. The molecule has 3 heterocycles. The SMILES string of the molecule is CC(C)N(C(=O)c1ccc(Cl)cn1)c1cc(F)c(Oc2ncc(Cn3cccn3)cc2C(F)(F)F)cc1C(=O)O. The Morgan fingerprint density at radius 3 is 2.48 bits per heavy atom. The third kappa shape index (κ3) is 6.20. The number of rotatable bonds is 8. The number of benzene rings is 1. The second-order valence-electron chi connectivity index (χ2n) is 8.74. The zero-order valence-electron chi connectivity index (χ0n) is 20.9. The van der Waals surface area contributed by atoms with Crippen LogP contribution < -0.4 is 9.64 Å². The molecule has 4 rings (SSSR count). The zero-order chi connectivity index (χ0) is 29.2. The van der Waals surface area contributed by atoms with Crippen LogP contribution >= 0.6 is 11.6 Å². The number of nitrogens with zero attached hydrogens (tertiary/aromatic N) is 5. The summed E-state index contributed by atoms with van der Waals surface area (Å²) < 4.78 is 63.4. The van der Waals surface area contributed by atoms with Crippen LogP contribution in [0.15, 0.2) is 61.2 Å². The number of halogens is 5. The average molecular weight is 578 g/mol. The molecule has 1 amide bonds. The van der Waals surface area contributed by atoms with Crippen molar-refractivity contribution in [3.63, 3.8) is 0 Å². The molecule has 0 radical (unpaired) electrons. The van der Waals surface area contributed by atoms with Crippen molar-refractivity contribution in [1.82, 2.24) is 19.7 Å². The quantitative estimate of drug-likeness (QED) is 0.253. The molecule has 4 aromatic rings. The average Bonchev–Trinajstić information content (AvgIpc) is 3.39. The molecule has 9 nitrogen and oxygen atoms in total. The van der Waals surface area contributed by atoms with E-state index in [0.717, 1.165) is 17.2 Å². The molecule has 14 heteroatoms. The van der Waals surface area contributed by atoms with E-state index in [0.29, 0.717) is 12.1 Å². The van der Waals surface area contributed by atoms with Gasteiger partial charge in [0, 0.05) is 43.0 Å². The number of amides is 1. The molecule has 40 heavy (non-hydrogen) atoms. The lowest BCUT2D eigenvalue weighted by Crippen LogP contribution is -2.38. The molecule has 0 bridgehead atoms. The smallest absolute Gasteiger partial charge is 0.421 e. The number of ether oxygens (including phenoxy) is 1. The van der Waals surface area contributed by atoms with E-state index in [9.17, 15) is 27.9 Å². The molecular formula is C26H20ClF4N5O4. The Labute approximate surface area is 229 Å². The van der Waals surface area contributed by atoms with E-state index in [1.54, 1.807) is 26.1 Å². The fourth-order valence-electron chi connectivity index (χ4n) is 3.79. The maximum Gasteiger partial charge on any atom is 0.421 e. The molecule has 0 fully saturated rings. The summed E-state index contributed by atoms with van der Waals surface area (Å²) in [6.07, 6.45) is 0.405. The molecule has 0 aliphatic carbocycles. The predicted octanol–water partition coefficient (Wildman–Crippen LogP) is 6.08. The van der Waals surface area contributed by atoms with Crippen molar-refractivity contribution in [3.05, 3.63) is 94.4 Å². The number of carbonyl (C=O) groups excluding carboxylic acids is 1. The lowest BCUT2D eigenvalue weighted by molar-refractivity contribution is -0.139. The maximum absolute atomic E-state index is 15.3. The van der Waals surface area contributed by atoms with Gasteiger partial charge in [0.15, 0.2) is 11.6 Å². The first-order valence-corrected chi connectivity index (χ1v) is 12.0. The highest BCUT2D eigenvalue weighted by Gasteiger charge is 2.37. The second kappa shape index (κ2) is 11.3. The molecule has 3 aromatic heterocycles. The van der Waals surface area contributed by atoms with Crippen molar-refractivity contribution in [2.75, 3.05) is 4.90 Å². The number of alkyl halides is 3. The standard InChI is InChI=1S/C26H20ClF4N5O4/c1-14(2)36(24(37)20-5-4-16(27)12-32-20)21-10-19(28)22(9-17(21)25(38)39)40-23-18(26(29,30)31)8-15(11-33-23)13-35-7-3-6-34-35/h3-12,14H,13H2,1-2H3,(H,38,39). The lowest BCUT2D eigenvalue weighted by atomic mass is 10.1. The lowest BCUT2D eigenvalue weighted by Gasteiger charge is -2.28. The Bertz CT molecular complexity index is 1540. The molecule has 208 valence electrons. The monoisotopic (exact) mass is 577 g/mol. The number of hydrogen-bond acceptors (Lipinski definition) is 6. The second-order valence-corrected chi connectivity index (χ2v) is 9.17. The number of carboxylic acid groups (broad SMARTS) is 1. The van der Waals surface area contributed by atoms with E-state index < -0.39 is 52.7 Å². The largest absolute Gasteiger partial charge is 0.478 e. The first-order chi connectivity index (χ1) is 18.8. The summed E-state index contributed by atoms with van der Waals surface area (Å²) in [6.45, 7) is 3.11. The van der Waals surface area contributed by atoms with Crippen LogP contribution in [-0.2, 0) is 12.7 Å². The van der Waals surface area contributed by atoms with Crippen LogP contribution in [0.4, 0.5) is 23.2 Å². The number of anilines is 1. The molecule has 1 aromatic carbocycles. The predicted molar refractivity (Wildman–Crippen MR) is 135 cm³/mol. The van der Waals surface area contributed by atoms with Gasteiger partial charge in [0.2, 0.25) is 5.88 Å². The van der Waals surface area contributed by atoms with Crippen molar-refractivity contribution in [3.8, 4) is 11.6 Å². The highest BCUT2D eigenvalue weighted by Crippen LogP contribution is 2.39. The summed E-state index contributed by atoms with van der Waals surface area (Å²) in [5.74, 6) is -5.38. The van der Waals surface area contributed by atoms with Gasteiger partial charge in [-0.15, -0.1) is 0 Å². The summed E-state index contributed by atoms with van der Waals surface area (Å²) in [7, 11) is 0. The minimum atomic E-state index is -4.93. The zero-order valence-corrected chi connectivity index (χ0v) is 21.6. The van der Waals surface area contributed by atoms with Gasteiger partial charge in [-0.25, -0.2) is 19.2 Å². The van der Waals surface area contributed by atoms with Crippen LogP contribution in [0.3, 0.4) is 0 Å².